The van der Waals surface area contributed by atoms with E-state index in [1.54, 1.807) is 49.4 Å². The molecule has 8 nitrogen and oxygen atoms in total. The number of nitrogens with zero attached hydrogens (tertiary/aromatic N) is 2. The van der Waals surface area contributed by atoms with Crippen molar-refractivity contribution in [3.63, 3.8) is 0 Å². The normalized spacial score (nSPS) is 11.9. The summed E-state index contributed by atoms with van der Waals surface area (Å²) in [5.41, 5.74) is 1.10. The van der Waals surface area contributed by atoms with Crippen LogP contribution < -0.4 is 14.4 Å². The second-order valence-corrected chi connectivity index (χ2v) is 11.0. The zero-order chi connectivity index (χ0) is 27.0. The Morgan fingerprint density at radius 1 is 0.973 bits per heavy atom. The highest BCUT2D eigenvalue weighted by Crippen LogP contribution is 2.26. The number of halogens is 1. The van der Waals surface area contributed by atoms with Crippen LogP contribution >= 0.6 is 15.9 Å². The summed E-state index contributed by atoms with van der Waals surface area (Å²) in [6.07, 6.45) is 0. The maximum atomic E-state index is 13.7. The van der Waals surface area contributed by atoms with Crippen molar-refractivity contribution >= 4 is 43.5 Å². The van der Waals surface area contributed by atoms with E-state index in [2.05, 4.69) is 21.2 Å². The highest BCUT2D eigenvalue weighted by molar-refractivity contribution is 9.10. The van der Waals surface area contributed by atoms with Gasteiger partial charge in [0.25, 0.3) is 10.0 Å². The molecule has 3 rings (SSSR count). The molecule has 0 spiro atoms. The van der Waals surface area contributed by atoms with Gasteiger partial charge in [-0.05, 0) is 67.9 Å². The molecule has 2 amide bonds. The zero-order valence-electron chi connectivity index (χ0n) is 20.9. The van der Waals surface area contributed by atoms with E-state index in [0.29, 0.717) is 18.0 Å². The fraction of sp³-hybridized carbons (Fsp3) is 0.259. The third-order valence-electron chi connectivity index (χ3n) is 5.73. The lowest BCUT2D eigenvalue weighted by molar-refractivity contribution is -0.139. The van der Waals surface area contributed by atoms with Crippen molar-refractivity contribution in [1.29, 1.82) is 0 Å². The van der Waals surface area contributed by atoms with Crippen LogP contribution in [0.1, 0.15) is 19.4 Å². The number of carbonyl (C=O) groups excluding carboxylic acids is 2. The number of anilines is 1. The van der Waals surface area contributed by atoms with Crippen molar-refractivity contribution in [2.75, 3.05) is 24.5 Å². The first kappa shape index (κ1) is 28.2. The maximum absolute atomic E-state index is 13.7. The molecule has 1 unspecified atom stereocenters. The molecule has 0 heterocycles. The van der Waals surface area contributed by atoms with Crippen LogP contribution in [0, 0.1) is 0 Å². The van der Waals surface area contributed by atoms with Crippen molar-refractivity contribution in [2.24, 2.45) is 0 Å². The number of benzene rings is 3. The fourth-order valence-electron chi connectivity index (χ4n) is 3.70. The van der Waals surface area contributed by atoms with E-state index in [9.17, 15) is 18.0 Å². The largest absolute Gasteiger partial charge is 0.494 e. The summed E-state index contributed by atoms with van der Waals surface area (Å²) in [7, 11) is -2.61. The number of nitrogens with one attached hydrogen (secondary N) is 1. The number of hydrogen-bond acceptors (Lipinski definition) is 5. The molecule has 0 saturated carbocycles. The molecule has 37 heavy (non-hydrogen) atoms. The first-order chi connectivity index (χ1) is 17.7. The van der Waals surface area contributed by atoms with Crippen LogP contribution in [-0.2, 0) is 26.2 Å². The van der Waals surface area contributed by atoms with Gasteiger partial charge in [-0.15, -0.1) is 0 Å². The average molecular weight is 589 g/mol. The van der Waals surface area contributed by atoms with Crippen molar-refractivity contribution in [2.45, 2.75) is 31.3 Å². The molecular formula is C27H30BrN3O5S. The lowest BCUT2D eigenvalue weighted by Gasteiger charge is -2.31. The molecular weight excluding hydrogens is 558 g/mol. The molecule has 1 atom stereocenters. The summed E-state index contributed by atoms with van der Waals surface area (Å²) < 4.78 is 34.8. The smallest absolute Gasteiger partial charge is 0.264 e. The second-order valence-electron chi connectivity index (χ2n) is 8.19. The van der Waals surface area contributed by atoms with Gasteiger partial charge in [0, 0.05) is 18.1 Å². The lowest BCUT2D eigenvalue weighted by atomic mass is 10.1. The minimum absolute atomic E-state index is 0.0514. The molecule has 3 aromatic carbocycles. The fourth-order valence-corrected chi connectivity index (χ4v) is 5.40. The second kappa shape index (κ2) is 12.7. The van der Waals surface area contributed by atoms with E-state index in [1.165, 1.54) is 24.1 Å². The van der Waals surface area contributed by atoms with Crippen LogP contribution in [0.3, 0.4) is 0 Å². The molecule has 0 saturated heterocycles. The van der Waals surface area contributed by atoms with Gasteiger partial charge in [-0.3, -0.25) is 13.9 Å². The molecule has 196 valence electrons. The van der Waals surface area contributed by atoms with Gasteiger partial charge in [-0.1, -0.05) is 46.3 Å². The molecule has 0 aliphatic rings. The van der Waals surface area contributed by atoms with Crippen molar-refractivity contribution in [3.8, 4) is 5.75 Å². The van der Waals surface area contributed by atoms with E-state index in [1.807, 2.05) is 31.2 Å². The molecule has 1 N–H and O–H groups in total. The third-order valence-corrected chi connectivity index (χ3v) is 8.04. The summed E-state index contributed by atoms with van der Waals surface area (Å²) in [6, 6.07) is 21.0. The molecule has 3 aromatic rings. The Morgan fingerprint density at radius 2 is 1.59 bits per heavy atom. The van der Waals surface area contributed by atoms with Gasteiger partial charge < -0.3 is 15.0 Å². The summed E-state index contributed by atoms with van der Waals surface area (Å²) in [4.78, 5) is 27.7. The Kier molecular flexibility index (Phi) is 9.71. The molecule has 0 aromatic heterocycles. The number of ether oxygens (including phenoxy) is 1. The number of hydrogen-bond donors (Lipinski definition) is 1. The molecule has 10 heteroatoms. The average Bonchev–Trinajstić information content (AvgIpc) is 2.91. The molecule has 0 radical (unpaired) electrons. The monoisotopic (exact) mass is 587 g/mol. The van der Waals surface area contributed by atoms with E-state index >= 15 is 0 Å². The summed E-state index contributed by atoms with van der Waals surface area (Å²) in [5, 5.41) is 2.57. The molecule has 0 bridgehead atoms. The first-order valence-electron chi connectivity index (χ1n) is 11.7. The third kappa shape index (κ3) is 7.11. The van der Waals surface area contributed by atoms with Gasteiger partial charge >= 0.3 is 0 Å². The minimum Gasteiger partial charge on any atom is -0.494 e. The number of sulfonamides is 1. The van der Waals surface area contributed by atoms with Crippen molar-refractivity contribution in [3.05, 3.63) is 88.9 Å². The number of carbonyl (C=O) groups is 2. The maximum Gasteiger partial charge on any atom is 0.264 e. The van der Waals surface area contributed by atoms with Crippen LogP contribution in [-0.4, -0.2) is 51.4 Å². The van der Waals surface area contributed by atoms with Crippen LogP contribution in [0.25, 0.3) is 0 Å². The van der Waals surface area contributed by atoms with E-state index in [-0.39, 0.29) is 17.3 Å². The van der Waals surface area contributed by atoms with Gasteiger partial charge in [-0.25, -0.2) is 8.42 Å². The quantitative estimate of drug-likeness (QED) is 0.362. The summed E-state index contributed by atoms with van der Waals surface area (Å²) in [6.45, 7) is 3.56. The number of amides is 2. The SMILES string of the molecule is CCOc1ccc(N(CC(=O)N(Cc2ccc(Br)cc2)C(C)C(=O)NC)S(=O)(=O)c2ccccc2)cc1. The molecule has 0 aliphatic carbocycles. The van der Waals surface area contributed by atoms with Crippen molar-refractivity contribution in [1.82, 2.24) is 10.2 Å². The first-order valence-corrected chi connectivity index (χ1v) is 14.0. The number of likely N-dealkylation sites (N-methyl/N-ethyl adjacent to an activating group) is 1. The van der Waals surface area contributed by atoms with Gasteiger partial charge in [0.15, 0.2) is 0 Å². The Balaban J connectivity index is 2.01. The van der Waals surface area contributed by atoms with E-state index < -0.39 is 28.5 Å². The van der Waals surface area contributed by atoms with Crippen molar-refractivity contribution < 1.29 is 22.7 Å². The zero-order valence-corrected chi connectivity index (χ0v) is 23.3. The standard InChI is InChI=1S/C27H30BrN3O5S/c1-4-36-24-16-14-23(15-17-24)31(37(34,35)25-8-6-5-7-9-25)19-26(32)30(20(2)27(33)29-3)18-21-10-12-22(28)13-11-21/h5-17,20H,4,18-19H2,1-3H3,(H,29,33). The minimum atomic E-state index is -4.10. The lowest BCUT2D eigenvalue weighted by Crippen LogP contribution is -2.50. The Hall–Kier alpha value is -3.37. The Labute approximate surface area is 226 Å². The molecule has 0 fully saturated rings. The summed E-state index contributed by atoms with van der Waals surface area (Å²) in [5.74, 6) is -0.295. The summed E-state index contributed by atoms with van der Waals surface area (Å²) >= 11 is 3.39. The van der Waals surface area contributed by atoms with E-state index in [4.69, 9.17) is 4.74 Å². The molecule has 0 aliphatic heterocycles. The van der Waals surface area contributed by atoms with Crippen LogP contribution in [0.4, 0.5) is 5.69 Å². The van der Waals surface area contributed by atoms with Gasteiger partial charge in [0.05, 0.1) is 17.2 Å². The van der Waals surface area contributed by atoms with Crippen LogP contribution in [0.2, 0.25) is 0 Å². The topological polar surface area (TPSA) is 96.0 Å². The number of rotatable bonds is 11. The van der Waals surface area contributed by atoms with Gasteiger partial charge in [-0.2, -0.15) is 0 Å². The Bertz CT molecular complexity index is 1300. The van der Waals surface area contributed by atoms with E-state index in [0.717, 1.165) is 14.3 Å². The predicted molar refractivity (Wildman–Crippen MR) is 147 cm³/mol. The van der Waals surface area contributed by atoms with Gasteiger partial charge in [0.2, 0.25) is 11.8 Å². The highest BCUT2D eigenvalue weighted by Gasteiger charge is 2.32. The van der Waals surface area contributed by atoms with Crippen LogP contribution in [0.5, 0.6) is 5.75 Å². The van der Waals surface area contributed by atoms with Gasteiger partial charge in [0.1, 0.15) is 18.3 Å². The predicted octanol–water partition coefficient (Wildman–Crippen LogP) is 4.21. The van der Waals surface area contributed by atoms with Crippen LogP contribution in [0.15, 0.2) is 88.2 Å². The Morgan fingerprint density at radius 3 is 2.16 bits per heavy atom. The highest BCUT2D eigenvalue weighted by atomic mass is 79.9.